The lowest BCUT2D eigenvalue weighted by Gasteiger charge is -2.31. The van der Waals surface area contributed by atoms with Crippen LogP contribution < -0.4 is 14.4 Å². The van der Waals surface area contributed by atoms with Crippen LogP contribution in [0.2, 0.25) is 0 Å². The minimum Gasteiger partial charge on any atom is -0.755 e. The summed E-state index contributed by atoms with van der Waals surface area (Å²) in [5, 5.41) is 0. The Kier molecular flexibility index (Phi) is 4.08. The molecule has 7 heteroatoms. The molecule has 1 aliphatic heterocycles. The number of nitrogens with zero attached hydrogens (tertiary/aromatic N) is 1. The van der Waals surface area contributed by atoms with Gasteiger partial charge in [0.1, 0.15) is 11.4 Å². The summed E-state index contributed by atoms with van der Waals surface area (Å²) in [5.74, 6) is 0.258. The highest BCUT2D eigenvalue weighted by Gasteiger charge is 2.28. The molecule has 0 bridgehead atoms. The fraction of sp³-hybridized carbons (Fsp3) is 0.133. The molecule has 0 saturated carbocycles. The number of nitrogens with one attached hydrogen (secondary N) is 1. The van der Waals surface area contributed by atoms with E-state index in [-0.39, 0.29) is 12.5 Å². The molecule has 1 N–H and O–H groups in total. The summed E-state index contributed by atoms with van der Waals surface area (Å²) in [4.78, 5) is 13.7. The van der Waals surface area contributed by atoms with Gasteiger partial charge >= 0.3 is 0 Å². The van der Waals surface area contributed by atoms with Crippen LogP contribution >= 0.6 is 0 Å². The normalized spacial score (nSPS) is 15.0. The number of rotatable bonds is 4. The molecule has 1 amide bonds. The van der Waals surface area contributed by atoms with Crippen molar-refractivity contribution in [2.45, 2.75) is 6.54 Å². The van der Waals surface area contributed by atoms with Crippen LogP contribution in [-0.4, -0.2) is 21.3 Å². The maximum atomic E-state index is 12.2. The zero-order valence-corrected chi connectivity index (χ0v) is 12.3. The topological polar surface area (TPSA) is 81.7 Å². The first kappa shape index (κ1) is 14.6. The lowest BCUT2D eigenvalue weighted by atomic mass is 10.1. The third kappa shape index (κ3) is 2.95. The van der Waals surface area contributed by atoms with Gasteiger partial charge in [-0.2, -0.15) is 0 Å². The number of hydrogen-bond acceptors (Lipinski definition) is 4. The van der Waals surface area contributed by atoms with E-state index in [1.165, 1.54) is 4.90 Å². The standard InChI is InChI=1S/C15H14N2O4S/c18-14-10-21-13-8-4-7-12(16-22(19)20)15(13)17(14)9-11-5-2-1-3-6-11/h1-8,16H,9-10H2,(H,19,20)/p-1. The predicted molar refractivity (Wildman–Crippen MR) is 82.1 cm³/mol. The minimum atomic E-state index is -2.48. The Hall–Kier alpha value is -2.38. The van der Waals surface area contributed by atoms with Crippen LogP contribution in [0.4, 0.5) is 11.4 Å². The van der Waals surface area contributed by atoms with Gasteiger partial charge in [-0.25, -0.2) is 0 Å². The van der Waals surface area contributed by atoms with E-state index in [0.717, 1.165) is 5.56 Å². The molecule has 1 atom stereocenters. The van der Waals surface area contributed by atoms with Crippen LogP contribution in [-0.2, 0) is 22.6 Å². The number of benzene rings is 2. The van der Waals surface area contributed by atoms with Crippen molar-refractivity contribution in [2.75, 3.05) is 16.2 Å². The molecule has 3 rings (SSSR count). The number of amides is 1. The third-order valence-corrected chi connectivity index (χ3v) is 3.68. The largest absolute Gasteiger partial charge is 0.755 e. The second kappa shape index (κ2) is 6.17. The summed E-state index contributed by atoms with van der Waals surface area (Å²) in [5.41, 5.74) is 1.70. The van der Waals surface area contributed by atoms with Crippen LogP contribution in [0.15, 0.2) is 48.5 Å². The van der Waals surface area contributed by atoms with Crippen molar-refractivity contribution in [2.24, 2.45) is 0 Å². The number of anilines is 2. The summed E-state index contributed by atoms with van der Waals surface area (Å²) in [7, 11) is 0. The van der Waals surface area contributed by atoms with Gasteiger partial charge in [-0.05, 0) is 17.7 Å². The summed E-state index contributed by atoms with van der Waals surface area (Å²) >= 11 is -2.48. The Balaban J connectivity index is 2.01. The van der Waals surface area contributed by atoms with Crippen molar-refractivity contribution in [1.29, 1.82) is 0 Å². The van der Waals surface area contributed by atoms with E-state index in [4.69, 9.17) is 4.74 Å². The number of carbonyl (C=O) groups excluding carboxylic acids is 1. The van der Waals surface area contributed by atoms with Gasteiger partial charge in [-0.3, -0.25) is 13.9 Å². The monoisotopic (exact) mass is 317 g/mol. The highest BCUT2D eigenvalue weighted by molar-refractivity contribution is 7.80. The fourth-order valence-electron chi connectivity index (χ4n) is 2.36. The predicted octanol–water partition coefficient (Wildman–Crippen LogP) is 1.82. The van der Waals surface area contributed by atoms with Gasteiger partial charge in [-0.15, -0.1) is 0 Å². The summed E-state index contributed by atoms with van der Waals surface area (Å²) in [6.45, 7) is 0.282. The van der Waals surface area contributed by atoms with Gasteiger partial charge < -0.3 is 14.0 Å². The van der Waals surface area contributed by atoms with Crippen LogP contribution in [0.3, 0.4) is 0 Å². The molecular weight excluding hydrogens is 304 g/mol. The summed E-state index contributed by atoms with van der Waals surface area (Å²) in [6.07, 6.45) is 0. The molecule has 0 fully saturated rings. The first-order chi connectivity index (χ1) is 10.6. The van der Waals surface area contributed by atoms with E-state index < -0.39 is 11.3 Å². The molecule has 114 valence electrons. The van der Waals surface area contributed by atoms with Crippen LogP contribution in [0.25, 0.3) is 0 Å². The Morgan fingerprint density at radius 2 is 1.95 bits per heavy atom. The number of carbonyl (C=O) groups is 1. The molecule has 1 aliphatic rings. The van der Waals surface area contributed by atoms with Gasteiger partial charge in [0.05, 0.1) is 12.2 Å². The lowest BCUT2D eigenvalue weighted by molar-refractivity contribution is -0.121. The maximum Gasteiger partial charge on any atom is 0.265 e. The molecule has 22 heavy (non-hydrogen) atoms. The van der Waals surface area contributed by atoms with E-state index in [9.17, 15) is 13.6 Å². The smallest absolute Gasteiger partial charge is 0.265 e. The number of para-hydroxylation sites is 1. The Morgan fingerprint density at radius 1 is 1.18 bits per heavy atom. The van der Waals surface area contributed by atoms with E-state index in [0.29, 0.717) is 23.7 Å². The molecule has 0 spiro atoms. The number of hydrogen-bond donors (Lipinski definition) is 1. The van der Waals surface area contributed by atoms with Crippen LogP contribution in [0.5, 0.6) is 5.75 Å². The van der Waals surface area contributed by atoms with Gasteiger partial charge in [0.15, 0.2) is 6.61 Å². The Morgan fingerprint density at radius 3 is 2.68 bits per heavy atom. The van der Waals surface area contributed by atoms with Crippen LogP contribution in [0.1, 0.15) is 5.56 Å². The van der Waals surface area contributed by atoms with Gasteiger partial charge in [-0.1, -0.05) is 36.4 Å². The van der Waals surface area contributed by atoms with Crippen molar-refractivity contribution in [1.82, 2.24) is 0 Å². The van der Waals surface area contributed by atoms with E-state index in [2.05, 4.69) is 4.72 Å². The van der Waals surface area contributed by atoms with Crippen LogP contribution in [0, 0.1) is 0 Å². The van der Waals surface area contributed by atoms with Crippen molar-refractivity contribution in [3.63, 3.8) is 0 Å². The molecule has 6 nitrogen and oxygen atoms in total. The third-order valence-electron chi connectivity index (χ3n) is 3.30. The molecule has 0 aliphatic carbocycles. The molecule has 0 aromatic heterocycles. The van der Waals surface area contributed by atoms with E-state index >= 15 is 0 Å². The first-order valence-corrected chi connectivity index (χ1v) is 7.68. The van der Waals surface area contributed by atoms with Gasteiger partial charge in [0.25, 0.3) is 5.91 Å². The van der Waals surface area contributed by atoms with Gasteiger partial charge in [0.2, 0.25) is 0 Å². The molecule has 0 saturated heterocycles. The average Bonchev–Trinajstić information content (AvgIpc) is 2.51. The van der Waals surface area contributed by atoms with Gasteiger partial charge in [0, 0.05) is 11.3 Å². The zero-order valence-electron chi connectivity index (χ0n) is 11.5. The second-order valence-corrected chi connectivity index (χ2v) is 5.42. The highest BCUT2D eigenvalue weighted by atomic mass is 32.2. The molecular formula is C15H13N2O4S-. The minimum absolute atomic E-state index is 0.0657. The highest BCUT2D eigenvalue weighted by Crippen LogP contribution is 2.39. The summed E-state index contributed by atoms with van der Waals surface area (Å²) < 4.78 is 29.6. The molecule has 1 heterocycles. The van der Waals surface area contributed by atoms with Crippen molar-refractivity contribution in [3.8, 4) is 5.75 Å². The van der Waals surface area contributed by atoms with Crippen molar-refractivity contribution in [3.05, 3.63) is 54.1 Å². The number of ether oxygens (including phenoxy) is 1. The van der Waals surface area contributed by atoms with E-state index in [1.807, 2.05) is 30.3 Å². The molecule has 2 aromatic rings. The SMILES string of the molecule is O=C1COc2cccc(NS(=O)[O-])c2N1Cc1ccccc1. The van der Waals surface area contributed by atoms with Crippen molar-refractivity contribution >= 4 is 28.5 Å². The first-order valence-electron chi connectivity index (χ1n) is 6.61. The maximum absolute atomic E-state index is 12.2. The molecule has 2 aromatic carbocycles. The summed E-state index contributed by atoms with van der Waals surface area (Å²) in [6, 6.07) is 14.5. The molecule has 1 unspecified atom stereocenters. The van der Waals surface area contributed by atoms with Crippen molar-refractivity contribution < 1.29 is 18.3 Å². The fourth-order valence-corrected chi connectivity index (χ4v) is 2.71. The Labute approximate surface area is 130 Å². The zero-order chi connectivity index (χ0) is 15.5. The quantitative estimate of drug-likeness (QED) is 0.872. The molecule has 0 radical (unpaired) electrons. The lowest BCUT2D eigenvalue weighted by Crippen LogP contribution is -2.38. The second-order valence-electron chi connectivity index (χ2n) is 4.74. The van der Waals surface area contributed by atoms with E-state index in [1.54, 1.807) is 18.2 Å². The number of fused-ring (bicyclic) bond motifs is 1. The Bertz CT molecular complexity index is 721. The average molecular weight is 317 g/mol.